The molecule has 0 aliphatic carbocycles. The molecule has 0 spiro atoms. The van der Waals surface area contributed by atoms with Crippen LogP contribution in [0.5, 0.6) is 0 Å². The van der Waals surface area contributed by atoms with Crippen molar-refractivity contribution in [3.8, 4) is 0 Å². The van der Waals surface area contributed by atoms with E-state index < -0.39 is 5.60 Å². The SMILES string of the molecule is CC(C)C(C)(O)CNc1ccc2nccnc2n1. The van der Waals surface area contributed by atoms with Crippen LogP contribution >= 0.6 is 0 Å². The number of hydrogen-bond acceptors (Lipinski definition) is 5. The fraction of sp³-hybridized carbons (Fsp3) is 0.462. The van der Waals surface area contributed by atoms with Gasteiger partial charge in [0.15, 0.2) is 5.65 Å². The average molecular weight is 246 g/mol. The smallest absolute Gasteiger partial charge is 0.180 e. The van der Waals surface area contributed by atoms with E-state index in [2.05, 4.69) is 20.3 Å². The first-order chi connectivity index (χ1) is 8.49. The standard InChI is InChI=1S/C13H18N4O/c1-9(2)13(3,18)8-16-11-5-4-10-12(17-11)15-7-6-14-10/h4-7,9,18H,8H2,1-3H3,(H,15,16,17). The summed E-state index contributed by atoms with van der Waals surface area (Å²) in [6, 6.07) is 3.70. The van der Waals surface area contributed by atoms with Gasteiger partial charge in [0.25, 0.3) is 0 Å². The van der Waals surface area contributed by atoms with Gasteiger partial charge < -0.3 is 10.4 Å². The Bertz CT molecular complexity index is 539. The molecule has 2 heterocycles. The molecular formula is C13H18N4O. The lowest BCUT2D eigenvalue weighted by atomic mass is 9.93. The molecule has 0 fully saturated rings. The van der Waals surface area contributed by atoms with Gasteiger partial charge in [-0.3, -0.25) is 4.98 Å². The fourth-order valence-corrected chi connectivity index (χ4v) is 1.43. The predicted molar refractivity (Wildman–Crippen MR) is 71.3 cm³/mol. The number of hydrogen-bond donors (Lipinski definition) is 2. The molecule has 2 rings (SSSR count). The van der Waals surface area contributed by atoms with Gasteiger partial charge in [-0.1, -0.05) is 13.8 Å². The molecular weight excluding hydrogens is 228 g/mol. The van der Waals surface area contributed by atoms with E-state index in [0.29, 0.717) is 18.0 Å². The first kappa shape index (κ1) is 12.7. The maximum atomic E-state index is 10.1. The molecule has 2 aromatic heterocycles. The van der Waals surface area contributed by atoms with Crippen molar-refractivity contribution < 1.29 is 5.11 Å². The molecule has 0 aliphatic rings. The Morgan fingerprint density at radius 2 is 2.00 bits per heavy atom. The average Bonchev–Trinajstić information content (AvgIpc) is 2.36. The zero-order valence-electron chi connectivity index (χ0n) is 10.9. The monoisotopic (exact) mass is 246 g/mol. The summed E-state index contributed by atoms with van der Waals surface area (Å²) in [4.78, 5) is 12.6. The summed E-state index contributed by atoms with van der Waals surface area (Å²) in [6.07, 6.45) is 3.25. The van der Waals surface area contributed by atoms with Crippen LogP contribution in [0.3, 0.4) is 0 Å². The third-order valence-electron chi connectivity index (χ3n) is 3.20. The van der Waals surface area contributed by atoms with Gasteiger partial charge in [-0.2, -0.15) is 0 Å². The highest BCUT2D eigenvalue weighted by Crippen LogP contribution is 2.17. The molecule has 2 aromatic rings. The van der Waals surface area contributed by atoms with Crippen LogP contribution in [-0.2, 0) is 0 Å². The highest BCUT2D eigenvalue weighted by Gasteiger charge is 2.24. The molecule has 18 heavy (non-hydrogen) atoms. The van der Waals surface area contributed by atoms with Crippen molar-refractivity contribution in [3.63, 3.8) is 0 Å². The summed E-state index contributed by atoms with van der Waals surface area (Å²) in [7, 11) is 0. The lowest BCUT2D eigenvalue weighted by Gasteiger charge is -2.28. The molecule has 0 saturated carbocycles. The summed E-state index contributed by atoms with van der Waals surface area (Å²) in [5.41, 5.74) is 0.601. The van der Waals surface area contributed by atoms with Gasteiger partial charge >= 0.3 is 0 Å². The van der Waals surface area contributed by atoms with E-state index >= 15 is 0 Å². The number of pyridine rings is 1. The van der Waals surface area contributed by atoms with Crippen molar-refractivity contribution >= 4 is 17.0 Å². The van der Waals surface area contributed by atoms with Gasteiger partial charge in [-0.25, -0.2) is 9.97 Å². The van der Waals surface area contributed by atoms with Crippen molar-refractivity contribution in [2.75, 3.05) is 11.9 Å². The van der Waals surface area contributed by atoms with Crippen LogP contribution in [0.15, 0.2) is 24.5 Å². The molecule has 0 amide bonds. The summed E-state index contributed by atoms with van der Waals surface area (Å²) in [5.74, 6) is 0.870. The summed E-state index contributed by atoms with van der Waals surface area (Å²) < 4.78 is 0. The van der Waals surface area contributed by atoms with Crippen LogP contribution in [0, 0.1) is 5.92 Å². The number of aliphatic hydroxyl groups is 1. The number of anilines is 1. The lowest BCUT2D eigenvalue weighted by molar-refractivity contribution is 0.0265. The Labute approximate surface area is 106 Å². The van der Waals surface area contributed by atoms with Gasteiger partial charge in [0.2, 0.25) is 0 Å². The molecule has 0 aromatic carbocycles. The Kier molecular flexibility index (Phi) is 3.43. The number of nitrogens with one attached hydrogen (secondary N) is 1. The van der Waals surface area contributed by atoms with Crippen molar-refractivity contribution in [2.24, 2.45) is 5.92 Å². The molecule has 1 atom stereocenters. The molecule has 0 aliphatic heterocycles. The van der Waals surface area contributed by atoms with E-state index in [1.807, 2.05) is 32.9 Å². The zero-order valence-corrected chi connectivity index (χ0v) is 10.9. The summed E-state index contributed by atoms with van der Waals surface area (Å²) in [6.45, 7) is 6.23. The van der Waals surface area contributed by atoms with Gasteiger partial charge in [-0.05, 0) is 25.0 Å². The second kappa shape index (κ2) is 4.86. The van der Waals surface area contributed by atoms with Gasteiger partial charge in [0, 0.05) is 18.9 Å². The van der Waals surface area contributed by atoms with Crippen LogP contribution < -0.4 is 5.32 Å². The van der Waals surface area contributed by atoms with Crippen molar-refractivity contribution in [3.05, 3.63) is 24.5 Å². The normalized spacial score (nSPS) is 14.7. The second-order valence-electron chi connectivity index (χ2n) is 4.96. The number of rotatable bonds is 4. The Morgan fingerprint density at radius 3 is 2.72 bits per heavy atom. The van der Waals surface area contributed by atoms with Gasteiger partial charge in [-0.15, -0.1) is 0 Å². The fourth-order valence-electron chi connectivity index (χ4n) is 1.43. The largest absolute Gasteiger partial charge is 0.388 e. The Morgan fingerprint density at radius 1 is 1.28 bits per heavy atom. The molecule has 1 unspecified atom stereocenters. The zero-order chi connectivity index (χ0) is 13.2. The predicted octanol–water partition coefficient (Wildman–Crippen LogP) is 1.84. The molecule has 0 radical (unpaired) electrons. The molecule has 2 N–H and O–H groups in total. The molecule has 5 heteroatoms. The topological polar surface area (TPSA) is 70.9 Å². The van der Waals surface area contributed by atoms with Crippen molar-refractivity contribution in [2.45, 2.75) is 26.4 Å². The van der Waals surface area contributed by atoms with E-state index in [1.54, 1.807) is 12.4 Å². The number of aromatic nitrogens is 3. The minimum Gasteiger partial charge on any atom is -0.388 e. The maximum absolute atomic E-state index is 10.1. The van der Waals surface area contributed by atoms with E-state index in [0.717, 1.165) is 5.52 Å². The molecule has 0 bridgehead atoms. The van der Waals surface area contributed by atoms with E-state index in [4.69, 9.17) is 0 Å². The highest BCUT2D eigenvalue weighted by atomic mass is 16.3. The molecule has 0 saturated heterocycles. The number of fused-ring (bicyclic) bond motifs is 1. The first-order valence-corrected chi connectivity index (χ1v) is 6.03. The maximum Gasteiger partial charge on any atom is 0.180 e. The van der Waals surface area contributed by atoms with Crippen LogP contribution in [0.2, 0.25) is 0 Å². The summed E-state index contributed by atoms with van der Waals surface area (Å²) >= 11 is 0. The lowest BCUT2D eigenvalue weighted by Crippen LogP contribution is -2.38. The first-order valence-electron chi connectivity index (χ1n) is 6.03. The number of nitrogens with zero attached hydrogens (tertiary/aromatic N) is 3. The quantitative estimate of drug-likeness (QED) is 0.861. The molecule has 96 valence electrons. The van der Waals surface area contributed by atoms with Gasteiger partial charge in [0.05, 0.1) is 5.60 Å². The third kappa shape index (κ3) is 2.73. The molecule has 5 nitrogen and oxygen atoms in total. The Hall–Kier alpha value is -1.75. The second-order valence-corrected chi connectivity index (χ2v) is 4.96. The van der Waals surface area contributed by atoms with E-state index in [1.165, 1.54) is 0 Å². The third-order valence-corrected chi connectivity index (χ3v) is 3.20. The van der Waals surface area contributed by atoms with Crippen molar-refractivity contribution in [1.29, 1.82) is 0 Å². The van der Waals surface area contributed by atoms with Crippen LogP contribution in [0.1, 0.15) is 20.8 Å². The van der Waals surface area contributed by atoms with Gasteiger partial charge in [0.1, 0.15) is 11.3 Å². The van der Waals surface area contributed by atoms with Crippen molar-refractivity contribution in [1.82, 2.24) is 15.0 Å². The van der Waals surface area contributed by atoms with Crippen LogP contribution in [0.25, 0.3) is 11.2 Å². The highest BCUT2D eigenvalue weighted by molar-refractivity contribution is 5.71. The summed E-state index contributed by atoms with van der Waals surface area (Å²) in [5, 5.41) is 13.3. The Balaban J connectivity index is 2.13. The van der Waals surface area contributed by atoms with Crippen LogP contribution in [0.4, 0.5) is 5.82 Å². The minimum atomic E-state index is -0.765. The van der Waals surface area contributed by atoms with E-state index in [-0.39, 0.29) is 5.92 Å². The van der Waals surface area contributed by atoms with E-state index in [9.17, 15) is 5.11 Å². The van der Waals surface area contributed by atoms with Crippen LogP contribution in [-0.4, -0.2) is 32.2 Å². The minimum absolute atomic E-state index is 0.172.